The number of rotatable bonds is 4. The molecule has 1 aliphatic heterocycles. The molecule has 1 aromatic heterocycles. The van der Waals surface area contributed by atoms with E-state index in [1.165, 1.54) is 24.5 Å². The van der Waals surface area contributed by atoms with E-state index in [0.29, 0.717) is 37.4 Å². The zero-order chi connectivity index (χ0) is 17.8. The highest BCUT2D eigenvalue weighted by atomic mass is 16.6. The van der Waals surface area contributed by atoms with E-state index in [2.05, 4.69) is 5.32 Å². The van der Waals surface area contributed by atoms with E-state index in [-0.39, 0.29) is 23.4 Å². The van der Waals surface area contributed by atoms with Crippen molar-refractivity contribution >= 4 is 23.2 Å². The summed E-state index contributed by atoms with van der Waals surface area (Å²) in [5, 5.41) is 13.5. The Morgan fingerprint density at radius 1 is 1.20 bits per heavy atom. The number of nitro groups is 1. The molecule has 8 nitrogen and oxygen atoms in total. The zero-order valence-electron chi connectivity index (χ0n) is 13.4. The van der Waals surface area contributed by atoms with E-state index in [1.54, 1.807) is 23.1 Å². The highest BCUT2D eigenvalue weighted by molar-refractivity contribution is 5.94. The summed E-state index contributed by atoms with van der Waals surface area (Å²) in [6.07, 6.45) is 2.52. The van der Waals surface area contributed by atoms with Crippen molar-refractivity contribution in [2.75, 3.05) is 18.4 Å². The number of hydrogen-bond acceptors (Lipinski definition) is 5. The van der Waals surface area contributed by atoms with E-state index < -0.39 is 4.92 Å². The summed E-state index contributed by atoms with van der Waals surface area (Å²) in [4.78, 5) is 36.5. The van der Waals surface area contributed by atoms with Crippen molar-refractivity contribution < 1.29 is 18.9 Å². The fraction of sp³-hybridized carbons (Fsp3) is 0.294. The van der Waals surface area contributed by atoms with Crippen molar-refractivity contribution in [1.29, 1.82) is 0 Å². The number of nitrogens with zero attached hydrogens (tertiary/aromatic N) is 2. The number of non-ortho nitro benzene ring substituents is 1. The molecule has 1 aliphatic rings. The molecule has 8 heteroatoms. The van der Waals surface area contributed by atoms with Crippen molar-refractivity contribution in [3.8, 4) is 0 Å². The molecule has 0 aliphatic carbocycles. The largest absolute Gasteiger partial charge is 0.459 e. The smallest absolute Gasteiger partial charge is 0.289 e. The van der Waals surface area contributed by atoms with E-state index in [9.17, 15) is 19.7 Å². The van der Waals surface area contributed by atoms with Crippen LogP contribution in [0.25, 0.3) is 0 Å². The number of piperidine rings is 1. The van der Waals surface area contributed by atoms with Crippen LogP contribution in [0, 0.1) is 16.0 Å². The highest BCUT2D eigenvalue weighted by Gasteiger charge is 2.28. The highest BCUT2D eigenvalue weighted by Crippen LogP contribution is 2.22. The van der Waals surface area contributed by atoms with Crippen LogP contribution >= 0.6 is 0 Å². The normalized spacial score (nSPS) is 15.0. The molecule has 0 saturated carbocycles. The van der Waals surface area contributed by atoms with Gasteiger partial charge >= 0.3 is 0 Å². The fourth-order valence-electron chi connectivity index (χ4n) is 2.84. The molecule has 1 aromatic carbocycles. The molecule has 2 aromatic rings. The molecule has 0 bridgehead atoms. The van der Waals surface area contributed by atoms with Gasteiger partial charge in [0.05, 0.1) is 11.2 Å². The van der Waals surface area contributed by atoms with Crippen LogP contribution in [0.3, 0.4) is 0 Å². The molecule has 0 radical (unpaired) electrons. The minimum atomic E-state index is -0.506. The summed E-state index contributed by atoms with van der Waals surface area (Å²) in [6, 6.07) is 9.11. The van der Waals surface area contributed by atoms with Crippen molar-refractivity contribution in [1.82, 2.24) is 4.90 Å². The number of hydrogen-bond donors (Lipinski definition) is 1. The van der Waals surface area contributed by atoms with Gasteiger partial charge in [-0.3, -0.25) is 19.7 Å². The first-order valence-electron chi connectivity index (χ1n) is 7.92. The third-order valence-electron chi connectivity index (χ3n) is 4.21. The summed E-state index contributed by atoms with van der Waals surface area (Å²) in [5.74, 6) is -0.312. The van der Waals surface area contributed by atoms with Gasteiger partial charge in [-0.1, -0.05) is 6.07 Å². The monoisotopic (exact) mass is 343 g/mol. The summed E-state index contributed by atoms with van der Waals surface area (Å²) >= 11 is 0. The molecule has 3 rings (SSSR count). The lowest BCUT2D eigenvalue weighted by atomic mass is 9.95. The summed E-state index contributed by atoms with van der Waals surface area (Å²) < 4.78 is 5.11. The molecule has 1 fully saturated rings. The number of carbonyl (C=O) groups is 2. The van der Waals surface area contributed by atoms with E-state index in [1.807, 2.05) is 0 Å². The second-order valence-corrected chi connectivity index (χ2v) is 5.84. The molecule has 0 unspecified atom stereocenters. The Kier molecular flexibility index (Phi) is 4.78. The van der Waals surface area contributed by atoms with Crippen LogP contribution in [0.5, 0.6) is 0 Å². The lowest BCUT2D eigenvalue weighted by molar-refractivity contribution is -0.384. The minimum Gasteiger partial charge on any atom is -0.459 e. The van der Waals surface area contributed by atoms with E-state index >= 15 is 0 Å². The van der Waals surface area contributed by atoms with Gasteiger partial charge in [0.2, 0.25) is 5.91 Å². The maximum Gasteiger partial charge on any atom is 0.289 e. The first-order chi connectivity index (χ1) is 12.0. The van der Waals surface area contributed by atoms with Gasteiger partial charge in [0.25, 0.3) is 11.6 Å². The molecule has 1 N–H and O–H groups in total. The number of carbonyl (C=O) groups excluding carboxylic acids is 2. The Morgan fingerprint density at radius 2 is 1.96 bits per heavy atom. The second-order valence-electron chi connectivity index (χ2n) is 5.84. The Hall–Kier alpha value is -3.16. The lowest BCUT2D eigenvalue weighted by Gasteiger charge is -2.30. The maximum atomic E-state index is 12.4. The molecule has 130 valence electrons. The van der Waals surface area contributed by atoms with Gasteiger partial charge in [0.15, 0.2) is 5.76 Å². The maximum absolute atomic E-state index is 12.4. The van der Waals surface area contributed by atoms with Gasteiger partial charge in [-0.25, -0.2) is 0 Å². The van der Waals surface area contributed by atoms with Crippen LogP contribution in [0.15, 0.2) is 47.1 Å². The van der Waals surface area contributed by atoms with Crippen LogP contribution in [-0.2, 0) is 4.79 Å². The number of likely N-dealkylation sites (tertiary alicyclic amines) is 1. The Labute approximate surface area is 143 Å². The minimum absolute atomic E-state index is 0.0725. The van der Waals surface area contributed by atoms with Crippen LogP contribution in [0.1, 0.15) is 23.4 Å². The summed E-state index contributed by atoms with van der Waals surface area (Å²) in [5.41, 5.74) is 0.324. The molecule has 0 atom stereocenters. The third kappa shape index (κ3) is 3.85. The van der Waals surface area contributed by atoms with Crippen LogP contribution in [0.2, 0.25) is 0 Å². The number of nitro benzene ring substituents is 1. The van der Waals surface area contributed by atoms with Gasteiger partial charge < -0.3 is 14.6 Å². The second kappa shape index (κ2) is 7.16. The quantitative estimate of drug-likeness (QED) is 0.678. The van der Waals surface area contributed by atoms with E-state index in [0.717, 1.165) is 0 Å². The first kappa shape index (κ1) is 16.7. The topological polar surface area (TPSA) is 106 Å². The third-order valence-corrected chi connectivity index (χ3v) is 4.21. The molecule has 1 saturated heterocycles. The van der Waals surface area contributed by atoms with Crippen molar-refractivity contribution in [3.63, 3.8) is 0 Å². The van der Waals surface area contributed by atoms with Crippen LogP contribution in [-0.4, -0.2) is 34.7 Å². The molecule has 2 heterocycles. The first-order valence-corrected chi connectivity index (χ1v) is 7.92. The van der Waals surface area contributed by atoms with Gasteiger partial charge in [0.1, 0.15) is 0 Å². The van der Waals surface area contributed by atoms with Gasteiger partial charge in [-0.05, 0) is 31.0 Å². The summed E-state index contributed by atoms with van der Waals surface area (Å²) in [6.45, 7) is 0.930. The van der Waals surface area contributed by atoms with Crippen molar-refractivity contribution in [2.45, 2.75) is 12.8 Å². The number of benzene rings is 1. The number of nitrogens with one attached hydrogen (secondary N) is 1. The van der Waals surface area contributed by atoms with Crippen LogP contribution < -0.4 is 5.32 Å². The summed E-state index contributed by atoms with van der Waals surface area (Å²) in [7, 11) is 0. The zero-order valence-corrected chi connectivity index (χ0v) is 13.4. The lowest BCUT2D eigenvalue weighted by Crippen LogP contribution is -2.41. The average molecular weight is 343 g/mol. The van der Waals surface area contributed by atoms with Crippen LogP contribution in [0.4, 0.5) is 11.4 Å². The molecule has 2 amide bonds. The Morgan fingerprint density at radius 3 is 2.60 bits per heavy atom. The molecular weight excluding hydrogens is 326 g/mol. The molecular formula is C17H17N3O5. The van der Waals surface area contributed by atoms with Crippen molar-refractivity contribution in [2.24, 2.45) is 5.92 Å². The van der Waals surface area contributed by atoms with Gasteiger partial charge in [0, 0.05) is 36.8 Å². The molecule has 0 spiro atoms. The number of amides is 2. The SMILES string of the molecule is O=C(Nc1cccc([N+](=O)[O-])c1)C1CCN(C(=O)c2ccco2)CC1. The van der Waals surface area contributed by atoms with Crippen molar-refractivity contribution in [3.05, 3.63) is 58.5 Å². The number of anilines is 1. The predicted octanol–water partition coefficient (Wildman–Crippen LogP) is 2.68. The number of furan rings is 1. The van der Waals surface area contributed by atoms with Gasteiger partial charge in [-0.2, -0.15) is 0 Å². The average Bonchev–Trinajstić information content (AvgIpc) is 3.16. The Balaban J connectivity index is 1.56. The Bertz CT molecular complexity index is 779. The standard InChI is InChI=1S/C17H17N3O5/c21-16(18-13-3-1-4-14(11-13)20(23)24)12-6-8-19(9-7-12)17(22)15-5-2-10-25-15/h1-5,10-12H,6-9H2,(H,18,21). The van der Waals surface area contributed by atoms with E-state index in [4.69, 9.17) is 4.42 Å². The predicted molar refractivity (Wildman–Crippen MR) is 89.1 cm³/mol. The molecule has 25 heavy (non-hydrogen) atoms. The fourth-order valence-corrected chi connectivity index (χ4v) is 2.84. The van der Waals surface area contributed by atoms with Gasteiger partial charge in [-0.15, -0.1) is 0 Å².